The predicted molar refractivity (Wildman–Crippen MR) is 131 cm³/mol. The average molecular weight is 576 g/mol. The Balaban J connectivity index is 0.000000673. The molecule has 39 heavy (non-hydrogen) atoms. The Hall–Kier alpha value is -3.65. The summed E-state index contributed by atoms with van der Waals surface area (Å²) in [5.74, 6) is -4.59. The highest BCUT2D eigenvalue weighted by atomic mass is 32.2. The lowest BCUT2D eigenvalue weighted by Gasteiger charge is -2.17. The first-order valence-electron chi connectivity index (χ1n) is 11.6. The Morgan fingerprint density at radius 3 is 2.23 bits per heavy atom. The molecule has 3 aromatic rings. The van der Waals surface area contributed by atoms with Gasteiger partial charge in [-0.25, -0.2) is 31.7 Å². The predicted octanol–water partition coefficient (Wildman–Crippen LogP) is 5.55. The summed E-state index contributed by atoms with van der Waals surface area (Å²) in [6.07, 6.45) is -0.452. The highest BCUT2D eigenvalue weighted by molar-refractivity contribution is 7.89. The van der Waals surface area contributed by atoms with Crippen molar-refractivity contribution in [1.29, 1.82) is 0 Å². The maximum Gasteiger partial charge on any atom is 0.490 e. The van der Waals surface area contributed by atoms with Gasteiger partial charge in [-0.2, -0.15) is 13.2 Å². The summed E-state index contributed by atoms with van der Waals surface area (Å²) in [4.78, 5) is 27.2. The molecule has 14 heteroatoms. The number of carboxylic acid groups (broad SMARTS) is 1. The molecule has 0 bridgehead atoms. The molecule has 1 aromatic heterocycles. The van der Waals surface area contributed by atoms with Crippen LogP contribution in [-0.2, 0) is 19.6 Å². The lowest BCUT2D eigenvalue weighted by molar-refractivity contribution is -0.192. The van der Waals surface area contributed by atoms with Crippen LogP contribution in [0.25, 0.3) is 11.3 Å². The number of alkyl halides is 3. The highest BCUT2D eigenvalue weighted by Crippen LogP contribution is 2.25. The fourth-order valence-corrected chi connectivity index (χ4v) is 4.57. The number of carbonyl (C=O) groups excluding carboxylic acids is 1. The summed E-state index contributed by atoms with van der Waals surface area (Å²) in [6, 6.07) is 11.2. The van der Waals surface area contributed by atoms with Gasteiger partial charge < -0.3 is 14.9 Å². The summed E-state index contributed by atoms with van der Waals surface area (Å²) in [6.45, 7) is 1.53. The molecule has 8 nitrogen and oxygen atoms in total. The maximum absolute atomic E-state index is 13.6. The summed E-state index contributed by atoms with van der Waals surface area (Å²) in [5, 5.41) is 7.12. The van der Waals surface area contributed by atoms with Crippen molar-refractivity contribution in [2.45, 2.75) is 56.1 Å². The van der Waals surface area contributed by atoms with Gasteiger partial charge in [-0.15, -0.1) is 0 Å². The lowest BCUT2D eigenvalue weighted by Crippen LogP contribution is -2.29. The standard InChI is InChI=1S/C23H25F2N3O3S.C2HF3O2/c1-16(29)8-4-2-7-11-21(23-26-15-22(27-23)17-9-5-3-6-10-17)28-32(30,31)18-12-13-19(24)20(25)14-18;3-2(4,5)1(6)7/h3,5-6,9-10,12-15,21,28H,2,4,7-8,11H2,1H3,(H,26,27);(H,6,7)/t21-;/m0./s1. The number of H-pyrrole nitrogens is 1. The minimum Gasteiger partial charge on any atom is -0.475 e. The average Bonchev–Trinajstić information content (AvgIpc) is 3.35. The Labute approximate surface area is 221 Å². The molecular weight excluding hydrogens is 549 g/mol. The molecule has 0 saturated carbocycles. The van der Waals surface area contributed by atoms with E-state index in [1.54, 1.807) is 6.20 Å². The summed E-state index contributed by atoms with van der Waals surface area (Å²) >= 11 is 0. The molecule has 2 aromatic carbocycles. The molecule has 0 fully saturated rings. The smallest absolute Gasteiger partial charge is 0.475 e. The van der Waals surface area contributed by atoms with Gasteiger partial charge in [0.05, 0.1) is 22.8 Å². The molecule has 3 N–H and O–H groups in total. The number of aromatic amines is 1. The van der Waals surface area contributed by atoms with Gasteiger partial charge in [-0.1, -0.05) is 43.2 Å². The fourth-order valence-electron chi connectivity index (χ4n) is 3.33. The third-order valence-electron chi connectivity index (χ3n) is 5.27. The van der Waals surface area contributed by atoms with Crippen molar-refractivity contribution in [3.63, 3.8) is 0 Å². The molecule has 0 aliphatic carbocycles. The van der Waals surface area contributed by atoms with Crippen LogP contribution in [0.4, 0.5) is 22.0 Å². The first kappa shape index (κ1) is 31.6. The van der Waals surface area contributed by atoms with Crippen molar-refractivity contribution in [1.82, 2.24) is 14.7 Å². The van der Waals surface area contributed by atoms with Gasteiger partial charge in [0, 0.05) is 6.42 Å². The van der Waals surface area contributed by atoms with Crippen LogP contribution in [0.1, 0.15) is 50.9 Å². The third-order valence-corrected chi connectivity index (χ3v) is 6.74. The number of imidazole rings is 1. The number of rotatable bonds is 11. The number of sulfonamides is 1. The van der Waals surface area contributed by atoms with Gasteiger partial charge >= 0.3 is 12.1 Å². The van der Waals surface area contributed by atoms with Crippen molar-refractivity contribution in [3.8, 4) is 11.3 Å². The number of nitrogens with zero attached hydrogens (tertiary/aromatic N) is 1. The number of carboxylic acids is 1. The van der Waals surface area contributed by atoms with Gasteiger partial charge in [0.1, 0.15) is 11.6 Å². The zero-order valence-corrected chi connectivity index (χ0v) is 21.5. The number of Topliss-reactive ketones (excluding diaryl/α,β-unsaturated/α-hetero) is 1. The van der Waals surface area contributed by atoms with Crippen molar-refractivity contribution in [2.75, 3.05) is 0 Å². The molecule has 3 rings (SSSR count). The van der Waals surface area contributed by atoms with Crippen LogP contribution in [0.15, 0.2) is 59.6 Å². The van der Waals surface area contributed by atoms with Gasteiger partial charge in [0.15, 0.2) is 11.6 Å². The molecule has 0 spiro atoms. The van der Waals surface area contributed by atoms with E-state index in [0.29, 0.717) is 37.6 Å². The second kappa shape index (κ2) is 13.9. The van der Waals surface area contributed by atoms with E-state index in [2.05, 4.69) is 14.7 Å². The number of unbranched alkanes of at least 4 members (excludes halogenated alkanes) is 2. The summed E-state index contributed by atoms with van der Waals surface area (Å²) < 4.78 is 86.8. The summed E-state index contributed by atoms with van der Waals surface area (Å²) in [7, 11) is -4.13. The minimum atomic E-state index is -5.08. The van der Waals surface area contributed by atoms with Crippen molar-refractivity contribution >= 4 is 21.8 Å². The Bertz CT molecular complexity index is 1360. The first-order valence-corrected chi connectivity index (χ1v) is 13.1. The molecule has 1 atom stereocenters. The number of halogens is 5. The third kappa shape index (κ3) is 10.2. The van der Waals surface area contributed by atoms with Gasteiger partial charge in [-0.05, 0) is 43.5 Å². The molecule has 0 radical (unpaired) electrons. The largest absolute Gasteiger partial charge is 0.490 e. The number of ketones is 1. The Kier molecular flexibility index (Phi) is 11.3. The van der Waals surface area contributed by atoms with E-state index in [1.165, 1.54) is 6.92 Å². The molecular formula is C25H26F5N3O5S. The Morgan fingerprint density at radius 2 is 1.67 bits per heavy atom. The molecule has 0 amide bonds. The number of benzene rings is 2. The molecule has 0 saturated heterocycles. The second-order valence-electron chi connectivity index (χ2n) is 8.40. The number of nitrogens with one attached hydrogen (secondary N) is 2. The monoisotopic (exact) mass is 575 g/mol. The number of carbonyl (C=O) groups is 2. The van der Waals surface area contributed by atoms with Crippen LogP contribution in [0, 0.1) is 11.6 Å². The van der Waals surface area contributed by atoms with Crippen LogP contribution in [0.5, 0.6) is 0 Å². The van der Waals surface area contributed by atoms with Crippen molar-refractivity contribution in [3.05, 3.63) is 72.2 Å². The van der Waals surface area contributed by atoms with E-state index in [1.807, 2.05) is 30.3 Å². The quantitative estimate of drug-likeness (QED) is 0.203. The second-order valence-corrected chi connectivity index (χ2v) is 10.1. The van der Waals surface area contributed by atoms with E-state index < -0.39 is 39.8 Å². The maximum atomic E-state index is 13.6. The zero-order valence-electron chi connectivity index (χ0n) is 20.6. The van der Waals surface area contributed by atoms with Crippen molar-refractivity contribution in [2.24, 2.45) is 0 Å². The van der Waals surface area contributed by atoms with E-state index in [-0.39, 0.29) is 10.7 Å². The van der Waals surface area contributed by atoms with E-state index in [9.17, 15) is 35.2 Å². The topological polar surface area (TPSA) is 129 Å². The molecule has 0 aliphatic rings. The van der Waals surface area contributed by atoms with E-state index in [0.717, 1.165) is 29.8 Å². The Morgan fingerprint density at radius 1 is 1.03 bits per heavy atom. The van der Waals surface area contributed by atoms with E-state index >= 15 is 0 Å². The SMILES string of the molecule is CC(=O)CCCCC[C@H](NS(=O)(=O)c1ccc(F)c(F)c1)c1ncc(-c2ccccc2)[nH]1.O=C(O)C(F)(F)F. The van der Waals surface area contributed by atoms with Gasteiger partial charge in [0.25, 0.3) is 0 Å². The first-order chi connectivity index (χ1) is 18.2. The van der Waals surface area contributed by atoms with Crippen LogP contribution in [0.3, 0.4) is 0 Å². The van der Waals surface area contributed by atoms with Crippen LogP contribution in [0.2, 0.25) is 0 Å². The number of aromatic nitrogens is 2. The van der Waals surface area contributed by atoms with Crippen LogP contribution < -0.4 is 4.72 Å². The number of aliphatic carboxylic acids is 1. The number of hydrogen-bond donors (Lipinski definition) is 3. The molecule has 0 unspecified atom stereocenters. The fraction of sp³-hybridized carbons (Fsp3) is 0.320. The number of hydrogen-bond acceptors (Lipinski definition) is 5. The molecule has 1 heterocycles. The normalized spacial score (nSPS) is 12.4. The molecule has 0 aliphatic heterocycles. The van der Waals surface area contributed by atoms with Crippen molar-refractivity contribution < 1.29 is 45.1 Å². The zero-order chi connectivity index (χ0) is 29.2. The van der Waals surface area contributed by atoms with Gasteiger partial charge in [-0.3, -0.25) is 0 Å². The van der Waals surface area contributed by atoms with Crippen LogP contribution in [-0.4, -0.2) is 41.4 Å². The minimum absolute atomic E-state index is 0.110. The van der Waals surface area contributed by atoms with Crippen LogP contribution >= 0.6 is 0 Å². The summed E-state index contributed by atoms with van der Waals surface area (Å²) in [5.41, 5.74) is 1.63. The molecule has 212 valence electrons. The van der Waals surface area contributed by atoms with Gasteiger partial charge in [0.2, 0.25) is 10.0 Å². The van der Waals surface area contributed by atoms with E-state index in [4.69, 9.17) is 9.90 Å². The lowest BCUT2D eigenvalue weighted by atomic mass is 10.1. The highest BCUT2D eigenvalue weighted by Gasteiger charge is 2.38.